The van der Waals surface area contributed by atoms with E-state index in [1.165, 1.54) is 10.4 Å². The van der Waals surface area contributed by atoms with Crippen LogP contribution in [-0.4, -0.2) is 106 Å². The molecule has 0 N–H and O–H groups in total. The second-order valence-corrected chi connectivity index (χ2v) is 104. The molecular formula is C54H118OSi13. The average Bonchev–Trinajstić information content (AvgIpc) is 2.91. The van der Waals surface area contributed by atoms with Crippen molar-refractivity contribution in [1.29, 1.82) is 0 Å². The number of rotatable bonds is 20. The first-order chi connectivity index (χ1) is 29.3. The van der Waals surface area contributed by atoms with Gasteiger partial charge in [0, 0.05) is 107 Å². The van der Waals surface area contributed by atoms with Crippen molar-refractivity contribution in [1.82, 2.24) is 0 Å². The van der Waals surface area contributed by atoms with Crippen LogP contribution in [0.5, 0.6) is 0 Å². The fourth-order valence-electron chi connectivity index (χ4n) is 16.8. The molecule has 0 heterocycles. The Morgan fingerprint density at radius 3 is 0.456 bits per heavy atom. The molecule has 0 unspecified atom stereocenters. The zero-order chi connectivity index (χ0) is 54.5. The van der Waals surface area contributed by atoms with E-state index >= 15 is 4.46 Å². The van der Waals surface area contributed by atoms with Crippen LogP contribution in [-0.2, 0) is 4.46 Å². The standard InChI is InChI=1S/C54H118OSi13/c1-57(2,3)49(58(4,5)6)41-37-43(51(61(13,14)15)62(16,17)18)47(44(38-41)52(63(19,20)21)64(22,23)24)56(55)48-45(53(65(25,26)27)66(28,29)30)39-42(50(59(7,8)9)60(10,11)12)40-46(48)54(67(31,32)33)68(34,35)36/h37-40,49-54H,1-36H3. The highest BCUT2D eigenvalue weighted by molar-refractivity contribution is 7.01. The summed E-state index contributed by atoms with van der Waals surface area (Å²) in [6.07, 6.45) is 0. The number of hydrogen-bond donors (Lipinski definition) is 0. The van der Waals surface area contributed by atoms with Gasteiger partial charge in [0.05, 0.1) is 0 Å². The molecule has 2 aromatic rings. The molecule has 0 amide bonds. The Kier molecular flexibility index (Phi) is 19.7. The third-order valence-corrected chi connectivity index (χ3v) is 73.0. The maximum absolute atomic E-state index is 18.3. The Balaban J connectivity index is 4.09. The van der Waals surface area contributed by atoms with Crippen molar-refractivity contribution < 1.29 is 4.46 Å². The molecule has 68 heavy (non-hydrogen) atoms. The Hall–Kier alpha value is 1.06. The monoisotopic (exact) mass is 1150 g/mol. The van der Waals surface area contributed by atoms with Crippen molar-refractivity contribution in [3.05, 3.63) is 57.6 Å². The molecule has 0 fully saturated rings. The van der Waals surface area contributed by atoms with E-state index in [1.54, 1.807) is 33.4 Å². The van der Waals surface area contributed by atoms with E-state index in [2.05, 4.69) is 260 Å². The van der Waals surface area contributed by atoms with Crippen molar-refractivity contribution in [3.63, 3.8) is 0 Å². The molecule has 0 atom stereocenters. The van der Waals surface area contributed by atoms with Gasteiger partial charge in [0.1, 0.15) is 0 Å². The molecule has 2 aromatic carbocycles. The van der Waals surface area contributed by atoms with E-state index in [4.69, 9.17) is 0 Å². The first kappa shape index (κ1) is 65.2. The van der Waals surface area contributed by atoms with Crippen LogP contribution in [0.2, 0.25) is 236 Å². The molecule has 0 bridgehead atoms. The molecule has 0 aromatic heterocycles. The lowest BCUT2D eigenvalue weighted by molar-refractivity contribution is 0.575. The van der Waals surface area contributed by atoms with E-state index in [1.807, 2.05) is 0 Å². The van der Waals surface area contributed by atoms with E-state index < -0.39 is 106 Å². The van der Waals surface area contributed by atoms with Gasteiger partial charge in [0.15, 0.2) is 0 Å². The molecular weight excluding hydrogens is 1030 g/mol. The molecule has 0 radical (unpaired) electrons. The van der Waals surface area contributed by atoms with Gasteiger partial charge in [-0.15, -0.1) is 0 Å². The maximum Gasteiger partial charge on any atom is 0.347 e. The lowest BCUT2D eigenvalue weighted by atomic mass is 10.1. The molecule has 14 heteroatoms. The van der Waals surface area contributed by atoms with E-state index in [0.29, 0.717) is 31.0 Å². The molecule has 0 aliphatic heterocycles. The van der Waals surface area contributed by atoms with Crippen LogP contribution in [0.1, 0.15) is 64.4 Å². The van der Waals surface area contributed by atoms with Gasteiger partial charge >= 0.3 is 8.68 Å². The van der Waals surface area contributed by atoms with Crippen molar-refractivity contribution in [2.45, 2.75) is 267 Å². The van der Waals surface area contributed by atoms with Gasteiger partial charge in [-0.05, 0) is 64.4 Å². The van der Waals surface area contributed by atoms with Crippen molar-refractivity contribution in [2.24, 2.45) is 0 Å². The van der Waals surface area contributed by atoms with Gasteiger partial charge < -0.3 is 4.46 Å². The fraction of sp³-hybridized carbons (Fsp3) is 0.778. The van der Waals surface area contributed by atoms with Crippen molar-refractivity contribution in [2.75, 3.05) is 0 Å². The van der Waals surface area contributed by atoms with Crippen LogP contribution in [0.15, 0.2) is 24.3 Å². The lowest BCUT2D eigenvalue weighted by Gasteiger charge is -2.47. The fourth-order valence-corrected chi connectivity index (χ4v) is 96.5. The van der Waals surface area contributed by atoms with Crippen molar-refractivity contribution >= 4 is 116 Å². The average molecular weight is 1150 g/mol. The van der Waals surface area contributed by atoms with Gasteiger partial charge in [-0.2, -0.15) is 0 Å². The first-order valence-corrected chi connectivity index (χ1v) is 71.5. The highest BCUT2D eigenvalue weighted by Crippen LogP contribution is 2.47. The van der Waals surface area contributed by atoms with E-state index in [9.17, 15) is 0 Å². The lowest BCUT2D eigenvalue weighted by Crippen LogP contribution is -2.58. The largest absolute Gasteiger partial charge is 0.376 e. The summed E-state index contributed by atoms with van der Waals surface area (Å²) in [5, 5.41) is 6.12. The summed E-state index contributed by atoms with van der Waals surface area (Å²) >= 11 is 0. The van der Waals surface area contributed by atoms with Crippen LogP contribution in [0.4, 0.5) is 0 Å². The Bertz CT molecular complexity index is 1750. The third-order valence-electron chi connectivity index (χ3n) is 15.2. The maximum atomic E-state index is 18.3. The molecule has 0 aliphatic carbocycles. The Labute approximate surface area is 441 Å². The van der Waals surface area contributed by atoms with Gasteiger partial charge in [-0.25, -0.2) is 0 Å². The normalized spacial score (nSPS) is 15.3. The van der Waals surface area contributed by atoms with Crippen LogP contribution in [0.3, 0.4) is 0 Å². The smallest absolute Gasteiger partial charge is 0.347 e. The number of hydrogen-bond acceptors (Lipinski definition) is 1. The highest BCUT2D eigenvalue weighted by atomic mass is 28.4. The Morgan fingerprint density at radius 2 is 0.353 bits per heavy atom. The van der Waals surface area contributed by atoms with E-state index in [0.717, 1.165) is 0 Å². The summed E-state index contributed by atoms with van der Waals surface area (Å²) in [6.45, 7) is 96.5. The summed E-state index contributed by atoms with van der Waals surface area (Å²) in [4.78, 5) is 0. The predicted octanol–water partition coefficient (Wildman–Crippen LogP) is 18.3. The zero-order valence-electron chi connectivity index (χ0n) is 52.7. The Morgan fingerprint density at radius 1 is 0.235 bits per heavy atom. The minimum absolute atomic E-state index is 0.509. The second-order valence-electron chi connectivity index (χ2n) is 35.5. The predicted molar refractivity (Wildman–Crippen MR) is 355 cm³/mol. The molecule has 392 valence electrons. The molecule has 2 rings (SSSR count). The summed E-state index contributed by atoms with van der Waals surface area (Å²) in [7, 11) is -24.3. The zero-order valence-corrected chi connectivity index (χ0v) is 65.7. The summed E-state index contributed by atoms with van der Waals surface area (Å²) < 4.78 is 18.3. The van der Waals surface area contributed by atoms with Crippen LogP contribution in [0, 0.1) is 0 Å². The van der Waals surface area contributed by atoms with Crippen molar-refractivity contribution in [3.8, 4) is 0 Å². The van der Waals surface area contributed by atoms with Crippen LogP contribution in [0.25, 0.3) is 0 Å². The van der Waals surface area contributed by atoms with E-state index in [-0.39, 0.29) is 0 Å². The molecule has 0 aliphatic rings. The van der Waals surface area contributed by atoms with Crippen LogP contribution >= 0.6 is 0 Å². The molecule has 0 spiro atoms. The summed E-state index contributed by atoms with van der Waals surface area (Å²) in [5.41, 5.74) is 9.70. The minimum Gasteiger partial charge on any atom is -0.376 e. The SMILES string of the molecule is C[Si](C)(C)C(c1cc(C([Si](C)(C)C)[Si](C)(C)C)c([Si](=O)c2c(C([Si](C)(C)C)[Si](C)(C)C)cc(C([Si](C)(C)C)[Si](C)(C)C)cc2C([Si](C)(C)C)[Si](C)(C)C)c(C([Si](C)(C)C)[Si](C)(C)C)c1)[Si](C)(C)C. The van der Waals surface area contributed by atoms with Crippen LogP contribution < -0.4 is 10.4 Å². The molecule has 0 saturated carbocycles. The molecule has 1 nitrogen and oxygen atoms in total. The minimum atomic E-state index is -2.57. The first-order valence-electron chi connectivity index (χ1n) is 27.2. The van der Waals surface area contributed by atoms with Gasteiger partial charge in [-0.3, -0.25) is 0 Å². The molecule has 0 saturated heterocycles. The topological polar surface area (TPSA) is 17.1 Å². The summed E-state index contributed by atoms with van der Waals surface area (Å²) in [6, 6.07) is 11.4. The quantitative estimate of drug-likeness (QED) is 0.121. The van der Waals surface area contributed by atoms with Gasteiger partial charge in [0.25, 0.3) is 0 Å². The highest BCUT2D eigenvalue weighted by Gasteiger charge is 2.52. The second kappa shape index (κ2) is 20.5. The number of benzene rings is 2. The third kappa shape index (κ3) is 15.6. The summed E-state index contributed by atoms with van der Waals surface area (Å²) in [5.74, 6) is 0. The van der Waals surface area contributed by atoms with Gasteiger partial charge in [-0.1, -0.05) is 260 Å². The van der Waals surface area contributed by atoms with Gasteiger partial charge in [0.2, 0.25) is 0 Å².